The maximum absolute atomic E-state index is 5.65. The Kier molecular flexibility index (Phi) is 3.74. The molecule has 1 aromatic rings. The van der Waals surface area contributed by atoms with Crippen molar-refractivity contribution in [1.82, 2.24) is 9.88 Å². The molecule has 1 saturated carbocycles. The Morgan fingerprint density at radius 1 is 1.53 bits per heavy atom. The molecule has 0 saturated heterocycles. The molecule has 2 N–H and O–H groups in total. The summed E-state index contributed by atoms with van der Waals surface area (Å²) in [6.07, 6.45) is 5.22. The van der Waals surface area contributed by atoms with Crippen LogP contribution in [0.2, 0.25) is 0 Å². The van der Waals surface area contributed by atoms with Crippen LogP contribution in [0.3, 0.4) is 0 Å². The Hall–Kier alpha value is -1.00. The summed E-state index contributed by atoms with van der Waals surface area (Å²) in [4.78, 5) is 7.30. The topological polar surface area (TPSA) is 42.2 Å². The lowest BCUT2D eigenvalue weighted by Gasteiger charge is -2.23. The molecule has 1 aromatic heterocycles. The van der Waals surface area contributed by atoms with Crippen LogP contribution in [0.4, 0.5) is 0 Å². The monoisotopic (exact) mass is 249 g/mol. The molecule has 2 rings (SSSR count). The van der Waals surface area contributed by atoms with Crippen molar-refractivity contribution in [3.63, 3.8) is 0 Å². The first-order valence-electron chi connectivity index (χ1n) is 5.96. The van der Waals surface area contributed by atoms with Crippen molar-refractivity contribution in [2.75, 3.05) is 13.6 Å². The SMILES string of the molecule is CN(Cc1ccccn1)CC1(CC(N)=S)CC1. The summed E-state index contributed by atoms with van der Waals surface area (Å²) >= 11 is 5.01. The van der Waals surface area contributed by atoms with Crippen molar-refractivity contribution in [3.05, 3.63) is 30.1 Å². The van der Waals surface area contributed by atoms with Gasteiger partial charge >= 0.3 is 0 Å². The second-order valence-electron chi connectivity index (χ2n) is 5.14. The third-order valence-electron chi connectivity index (χ3n) is 3.27. The molecule has 1 heterocycles. The van der Waals surface area contributed by atoms with E-state index >= 15 is 0 Å². The molecule has 17 heavy (non-hydrogen) atoms. The minimum absolute atomic E-state index is 0.357. The van der Waals surface area contributed by atoms with Gasteiger partial charge in [0.25, 0.3) is 0 Å². The number of pyridine rings is 1. The van der Waals surface area contributed by atoms with E-state index < -0.39 is 0 Å². The zero-order valence-electron chi connectivity index (χ0n) is 10.2. The van der Waals surface area contributed by atoms with Crippen molar-refractivity contribution < 1.29 is 0 Å². The second kappa shape index (κ2) is 5.10. The Labute approximate surface area is 108 Å². The van der Waals surface area contributed by atoms with E-state index in [2.05, 4.69) is 23.0 Å². The fraction of sp³-hybridized carbons (Fsp3) is 0.538. The van der Waals surface area contributed by atoms with Gasteiger partial charge in [-0.3, -0.25) is 9.88 Å². The summed E-state index contributed by atoms with van der Waals surface area (Å²) in [6, 6.07) is 6.03. The van der Waals surface area contributed by atoms with Gasteiger partial charge in [0, 0.05) is 25.7 Å². The molecular formula is C13H19N3S. The average molecular weight is 249 g/mol. The van der Waals surface area contributed by atoms with E-state index in [1.54, 1.807) is 0 Å². The maximum Gasteiger partial charge on any atom is 0.0733 e. The van der Waals surface area contributed by atoms with Crippen LogP contribution in [0.5, 0.6) is 0 Å². The van der Waals surface area contributed by atoms with Crippen LogP contribution < -0.4 is 5.73 Å². The minimum atomic E-state index is 0.357. The average Bonchev–Trinajstić information content (AvgIpc) is 2.97. The number of rotatable bonds is 6. The standard InChI is InChI=1S/C13H19N3S/c1-16(9-11-4-2-3-7-15-11)10-13(5-6-13)8-12(14)17/h2-4,7H,5-6,8-10H2,1H3,(H2,14,17). The molecular weight excluding hydrogens is 230 g/mol. The van der Waals surface area contributed by atoms with Gasteiger partial charge in [0.15, 0.2) is 0 Å². The lowest BCUT2D eigenvalue weighted by atomic mass is 10.0. The quantitative estimate of drug-likeness (QED) is 0.783. The third-order valence-corrected chi connectivity index (χ3v) is 3.41. The molecule has 0 amide bonds. The molecule has 0 radical (unpaired) electrons. The molecule has 1 aliphatic carbocycles. The fourth-order valence-corrected chi connectivity index (χ4v) is 2.64. The smallest absolute Gasteiger partial charge is 0.0733 e. The number of nitrogens with two attached hydrogens (primary N) is 1. The van der Waals surface area contributed by atoms with Gasteiger partial charge in [-0.25, -0.2) is 0 Å². The largest absolute Gasteiger partial charge is 0.393 e. The summed E-state index contributed by atoms with van der Waals surface area (Å²) in [6.45, 7) is 1.95. The van der Waals surface area contributed by atoms with Gasteiger partial charge in [-0.1, -0.05) is 18.3 Å². The molecule has 0 spiro atoms. The van der Waals surface area contributed by atoms with E-state index in [0.29, 0.717) is 10.4 Å². The highest BCUT2D eigenvalue weighted by atomic mass is 32.1. The normalized spacial score (nSPS) is 17.1. The van der Waals surface area contributed by atoms with Crippen LogP contribution in [0.1, 0.15) is 25.0 Å². The van der Waals surface area contributed by atoms with Crippen LogP contribution in [0.25, 0.3) is 0 Å². The van der Waals surface area contributed by atoms with E-state index in [9.17, 15) is 0 Å². The number of nitrogens with zero attached hydrogens (tertiary/aromatic N) is 2. The van der Waals surface area contributed by atoms with Gasteiger partial charge in [0.05, 0.1) is 10.7 Å². The van der Waals surface area contributed by atoms with Crippen LogP contribution in [-0.2, 0) is 6.54 Å². The molecule has 1 aliphatic rings. The Morgan fingerprint density at radius 3 is 2.82 bits per heavy atom. The summed E-state index contributed by atoms with van der Waals surface area (Å²) < 4.78 is 0. The predicted molar refractivity (Wildman–Crippen MR) is 73.6 cm³/mol. The first kappa shape index (κ1) is 12.5. The summed E-state index contributed by atoms with van der Waals surface area (Å²) in [5.41, 5.74) is 7.12. The second-order valence-corrected chi connectivity index (χ2v) is 5.66. The van der Waals surface area contributed by atoms with Crippen LogP contribution in [0.15, 0.2) is 24.4 Å². The van der Waals surface area contributed by atoms with E-state index in [0.717, 1.165) is 25.2 Å². The predicted octanol–water partition coefficient (Wildman–Crippen LogP) is 1.97. The van der Waals surface area contributed by atoms with Crippen LogP contribution >= 0.6 is 12.2 Å². The summed E-state index contributed by atoms with van der Waals surface area (Å²) in [5.74, 6) is 0. The van der Waals surface area contributed by atoms with E-state index in [1.807, 2.05) is 18.3 Å². The maximum atomic E-state index is 5.65. The van der Waals surface area contributed by atoms with Gasteiger partial charge in [-0.2, -0.15) is 0 Å². The number of hydrogen-bond acceptors (Lipinski definition) is 3. The number of thiocarbonyl (C=S) groups is 1. The zero-order valence-corrected chi connectivity index (χ0v) is 11.0. The first-order chi connectivity index (χ1) is 8.10. The molecule has 0 atom stereocenters. The molecule has 92 valence electrons. The highest BCUT2D eigenvalue weighted by molar-refractivity contribution is 7.80. The summed E-state index contributed by atoms with van der Waals surface area (Å²) in [5, 5.41) is 0. The third kappa shape index (κ3) is 3.75. The zero-order chi connectivity index (χ0) is 12.3. The van der Waals surface area contributed by atoms with Gasteiger partial charge < -0.3 is 5.73 Å². The van der Waals surface area contributed by atoms with E-state index in [1.165, 1.54) is 12.8 Å². The highest BCUT2D eigenvalue weighted by Crippen LogP contribution is 2.49. The van der Waals surface area contributed by atoms with Gasteiger partial charge in [-0.15, -0.1) is 0 Å². The molecule has 4 heteroatoms. The number of hydrogen-bond donors (Lipinski definition) is 1. The highest BCUT2D eigenvalue weighted by Gasteiger charge is 2.43. The van der Waals surface area contributed by atoms with Gasteiger partial charge in [-0.05, 0) is 37.4 Å². The Morgan fingerprint density at radius 2 is 2.29 bits per heavy atom. The van der Waals surface area contributed by atoms with E-state index in [-0.39, 0.29) is 0 Å². The number of aromatic nitrogens is 1. The van der Waals surface area contributed by atoms with E-state index in [4.69, 9.17) is 18.0 Å². The fourth-order valence-electron chi connectivity index (χ4n) is 2.33. The first-order valence-corrected chi connectivity index (χ1v) is 6.37. The van der Waals surface area contributed by atoms with Crippen molar-refractivity contribution in [3.8, 4) is 0 Å². The van der Waals surface area contributed by atoms with Crippen molar-refractivity contribution in [1.29, 1.82) is 0 Å². The molecule has 0 unspecified atom stereocenters. The molecule has 0 bridgehead atoms. The van der Waals surface area contributed by atoms with Gasteiger partial charge in [0.2, 0.25) is 0 Å². The van der Waals surface area contributed by atoms with Crippen molar-refractivity contribution in [2.45, 2.75) is 25.8 Å². The minimum Gasteiger partial charge on any atom is -0.393 e. The lowest BCUT2D eigenvalue weighted by Crippen LogP contribution is -2.29. The Bertz CT molecular complexity index is 387. The summed E-state index contributed by atoms with van der Waals surface area (Å²) in [7, 11) is 2.13. The molecule has 0 aliphatic heterocycles. The van der Waals surface area contributed by atoms with Gasteiger partial charge in [0.1, 0.15) is 0 Å². The van der Waals surface area contributed by atoms with Crippen molar-refractivity contribution in [2.24, 2.45) is 11.1 Å². The Balaban J connectivity index is 1.85. The van der Waals surface area contributed by atoms with Crippen molar-refractivity contribution >= 4 is 17.2 Å². The molecule has 1 fully saturated rings. The lowest BCUT2D eigenvalue weighted by molar-refractivity contribution is 0.257. The van der Waals surface area contributed by atoms with Crippen LogP contribution in [-0.4, -0.2) is 28.5 Å². The molecule has 3 nitrogen and oxygen atoms in total. The molecule has 0 aromatic carbocycles. The van der Waals surface area contributed by atoms with Crippen LogP contribution in [0, 0.1) is 5.41 Å².